The first-order valence-electron chi connectivity index (χ1n) is 11.2. The molecule has 180 valence electrons. The molecule has 0 aliphatic heterocycles. The van der Waals surface area contributed by atoms with Crippen LogP contribution in [0.2, 0.25) is 0 Å². The second-order valence-corrected chi connectivity index (χ2v) is 9.76. The zero-order valence-corrected chi connectivity index (χ0v) is 20.2. The molecule has 0 unspecified atom stereocenters. The summed E-state index contributed by atoms with van der Waals surface area (Å²) >= 11 is 0. The molecule has 0 atom stereocenters. The molecule has 0 fully saturated rings. The van der Waals surface area contributed by atoms with E-state index in [1.54, 1.807) is 26.0 Å². The van der Waals surface area contributed by atoms with Crippen LogP contribution in [0, 0.1) is 5.82 Å². The standard InChI is InChI=1S/C27H25FN2O4S/c1-3-30(4-2)35(32,33)24-15-16-26(34-23-13-11-22(28)12-14-23)25(18-24)29-27(31)21-10-9-19-7-5-6-8-20(19)17-21/h5-18H,3-4H2,1-2H3,(H,29,31). The third kappa shape index (κ3) is 5.34. The van der Waals surface area contributed by atoms with Gasteiger partial charge in [0.15, 0.2) is 5.75 Å². The van der Waals surface area contributed by atoms with Crippen molar-refractivity contribution in [2.75, 3.05) is 18.4 Å². The van der Waals surface area contributed by atoms with E-state index < -0.39 is 21.7 Å². The predicted octanol–water partition coefficient (Wildman–Crippen LogP) is 6.05. The van der Waals surface area contributed by atoms with E-state index in [-0.39, 0.29) is 16.3 Å². The fourth-order valence-electron chi connectivity index (χ4n) is 3.72. The first-order chi connectivity index (χ1) is 16.8. The summed E-state index contributed by atoms with van der Waals surface area (Å²) < 4.78 is 46.7. The number of anilines is 1. The molecule has 0 radical (unpaired) electrons. The Morgan fingerprint density at radius 1 is 0.886 bits per heavy atom. The van der Waals surface area contributed by atoms with Gasteiger partial charge in [-0.05, 0) is 65.4 Å². The number of sulfonamides is 1. The number of amides is 1. The molecule has 4 aromatic carbocycles. The van der Waals surface area contributed by atoms with Crippen molar-refractivity contribution in [3.63, 3.8) is 0 Å². The number of hydrogen-bond donors (Lipinski definition) is 1. The van der Waals surface area contributed by atoms with Gasteiger partial charge in [-0.25, -0.2) is 12.8 Å². The van der Waals surface area contributed by atoms with Gasteiger partial charge in [0.2, 0.25) is 10.0 Å². The summed E-state index contributed by atoms with van der Waals surface area (Å²) in [6, 6.07) is 22.7. The number of benzene rings is 4. The molecule has 0 saturated carbocycles. The average Bonchev–Trinajstić information content (AvgIpc) is 2.86. The minimum atomic E-state index is -3.77. The molecule has 0 bridgehead atoms. The smallest absolute Gasteiger partial charge is 0.255 e. The Bertz CT molecular complexity index is 1470. The van der Waals surface area contributed by atoms with Crippen molar-refractivity contribution in [3.8, 4) is 11.5 Å². The molecule has 1 amide bonds. The van der Waals surface area contributed by atoms with Crippen LogP contribution in [0.4, 0.5) is 10.1 Å². The zero-order valence-electron chi connectivity index (χ0n) is 19.4. The Labute approximate surface area is 204 Å². The van der Waals surface area contributed by atoms with E-state index in [0.29, 0.717) is 24.4 Å². The molecular weight excluding hydrogens is 467 g/mol. The van der Waals surface area contributed by atoms with Gasteiger partial charge in [-0.3, -0.25) is 4.79 Å². The number of ether oxygens (including phenoxy) is 1. The Morgan fingerprint density at radius 3 is 2.26 bits per heavy atom. The highest BCUT2D eigenvalue weighted by Crippen LogP contribution is 2.33. The summed E-state index contributed by atoms with van der Waals surface area (Å²) in [6.45, 7) is 4.14. The quantitative estimate of drug-likeness (QED) is 0.325. The van der Waals surface area contributed by atoms with Crippen molar-refractivity contribution in [2.24, 2.45) is 0 Å². The van der Waals surface area contributed by atoms with Gasteiger partial charge in [-0.2, -0.15) is 4.31 Å². The van der Waals surface area contributed by atoms with Crippen LogP contribution in [0.1, 0.15) is 24.2 Å². The van der Waals surface area contributed by atoms with E-state index in [1.165, 1.54) is 46.8 Å². The molecule has 4 rings (SSSR count). The van der Waals surface area contributed by atoms with E-state index in [9.17, 15) is 17.6 Å². The Balaban J connectivity index is 1.72. The first-order valence-corrected chi connectivity index (χ1v) is 12.6. The summed E-state index contributed by atoms with van der Waals surface area (Å²) in [6.07, 6.45) is 0. The molecular formula is C27H25FN2O4S. The number of hydrogen-bond acceptors (Lipinski definition) is 4. The first kappa shape index (κ1) is 24.4. The minimum absolute atomic E-state index is 0.0291. The molecule has 35 heavy (non-hydrogen) atoms. The number of nitrogens with zero attached hydrogens (tertiary/aromatic N) is 1. The largest absolute Gasteiger partial charge is 0.455 e. The van der Waals surface area contributed by atoms with Crippen LogP contribution in [0.5, 0.6) is 11.5 Å². The molecule has 0 aliphatic rings. The monoisotopic (exact) mass is 492 g/mol. The third-order valence-electron chi connectivity index (χ3n) is 5.60. The van der Waals surface area contributed by atoms with E-state index in [4.69, 9.17) is 4.74 Å². The summed E-state index contributed by atoms with van der Waals surface area (Å²) in [5.41, 5.74) is 0.592. The highest BCUT2D eigenvalue weighted by Gasteiger charge is 2.24. The number of halogens is 1. The van der Waals surface area contributed by atoms with Crippen LogP contribution < -0.4 is 10.1 Å². The van der Waals surface area contributed by atoms with Crippen LogP contribution in [0.15, 0.2) is 89.8 Å². The van der Waals surface area contributed by atoms with Crippen molar-refractivity contribution >= 4 is 32.4 Å². The predicted molar refractivity (Wildman–Crippen MR) is 135 cm³/mol. The highest BCUT2D eigenvalue weighted by atomic mass is 32.2. The Hall–Kier alpha value is -3.75. The summed E-state index contributed by atoms with van der Waals surface area (Å²) in [4.78, 5) is 13.2. The molecule has 0 saturated heterocycles. The van der Waals surface area contributed by atoms with Crippen molar-refractivity contribution in [1.29, 1.82) is 0 Å². The normalized spacial score (nSPS) is 11.5. The maximum atomic E-state index is 13.3. The number of carbonyl (C=O) groups is 1. The SMILES string of the molecule is CCN(CC)S(=O)(=O)c1ccc(Oc2ccc(F)cc2)c(NC(=O)c2ccc3ccccc3c2)c1. The van der Waals surface area contributed by atoms with Crippen LogP contribution in [0.3, 0.4) is 0 Å². The van der Waals surface area contributed by atoms with E-state index in [2.05, 4.69) is 5.32 Å². The molecule has 0 aromatic heterocycles. The van der Waals surface area contributed by atoms with Gasteiger partial charge in [0, 0.05) is 18.7 Å². The van der Waals surface area contributed by atoms with Crippen LogP contribution >= 0.6 is 0 Å². The maximum absolute atomic E-state index is 13.3. The minimum Gasteiger partial charge on any atom is -0.455 e. The number of carbonyl (C=O) groups excluding carboxylic acids is 1. The Morgan fingerprint density at radius 2 is 1.57 bits per heavy atom. The Kier molecular flexibility index (Phi) is 7.14. The van der Waals surface area contributed by atoms with Gasteiger partial charge >= 0.3 is 0 Å². The van der Waals surface area contributed by atoms with Crippen molar-refractivity contribution in [3.05, 3.63) is 96.3 Å². The van der Waals surface area contributed by atoms with Gasteiger partial charge in [-0.15, -0.1) is 0 Å². The van der Waals surface area contributed by atoms with Crippen molar-refractivity contribution in [1.82, 2.24) is 4.31 Å². The van der Waals surface area contributed by atoms with Crippen LogP contribution in [-0.2, 0) is 10.0 Å². The lowest BCUT2D eigenvalue weighted by Crippen LogP contribution is -2.30. The zero-order chi connectivity index (χ0) is 25.0. The fourth-order valence-corrected chi connectivity index (χ4v) is 5.21. The molecule has 6 nitrogen and oxygen atoms in total. The van der Waals surface area contributed by atoms with E-state index >= 15 is 0 Å². The van der Waals surface area contributed by atoms with Crippen LogP contribution in [0.25, 0.3) is 10.8 Å². The molecule has 1 N–H and O–H groups in total. The highest BCUT2D eigenvalue weighted by molar-refractivity contribution is 7.89. The maximum Gasteiger partial charge on any atom is 0.255 e. The molecule has 8 heteroatoms. The number of nitrogens with one attached hydrogen (secondary N) is 1. The van der Waals surface area contributed by atoms with Crippen molar-refractivity contribution < 1.29 is 22.3 Å². The summed E-state index contributed by atoms with van der Waals surface area (Å²) in [7, 11) is -3.77. The molecule has 0 spiro atoms. The molecule has 0 heterocycles. The van der Waals surface area contributed by atoms with Gasteiger partial charge < -0.3 is 10.1 Å². The third-order valence-corrected chi connectivity index (χ3v) is 7.64. The van der Waals surface area contributed by atoms with E-state index in [1.807, 2.05) is 30.3 Å². The van der Waals surface area contributed by atoms with E-state index in [0.717, 1.165) is 10.8 Å². The lowest BCUT2D eigenvalue weighted by molar-refractivity contribution is 0.102. The summed E-state index contributed by atoms with van der Waals surface area (Å²) in [5.74, 6) is -0.267. The second-order valence-electron chi connectivity index (χ2n) is 7.82. The second kappa shape index (κ2) is 10.2. The van der Waals surface area contributed by atoms with Gasteiger partial charge in [0.25, 0.3) is 5.91 Å². The fraction of sp³-hybridized carbons (Fsp3) is 0.148. The topological polar surface area (TPSA) is 75.7 Å². The van der Waals surface area contributed by atoms with Crippen molar-refractivity contribution in [2.45, 2.75) is 18.7 Å². The van der Waals surface area contributed by atoms with Crippen LogP contribution in [-0.4, -0.2) is 31.7 Å². The summed E-state index contributed by atoms with van der Waals surface area (Å²) in [5, 5.41) is 4.69. The van der Waals surface area contributed by atoms with Gasteiger partial charge in [-0.1, -0.05) is 44.2 Å². The average molecular weight is 493 g/mol. The van der Waals surface area contributed by atoms with Gasteiger partial charge in [0.1, 0.15) is 11.6 Å². The lowest BCUT2D eigenvalue weighted by atomic mass is 10.1. The van der Waals surface area contributed by atoms with Gasteiger partial charge in [0.05, 0.1) is 10.6 Å². The number of rotatable bonds is 8. The number of fused-ring (bicyclic) bond motifs is 1. The molecule has 4 aromatic rings. The molecule has 0 aliphatic carbocycles. The lowest BCUT2D eigenvalue weighted by Gasteiger charge is -2.20.